The molecule has 0 saturated carbocycles. The molecule has 7 rings (SSSR count). The number of nitrogens with one attached hydrogen (secondary N) is 1. The van der Waals surface area contributed by atoms with Gasteiger partial charge in [-0.2, -0.15) is 4.98 Å². The highest BCUT2D eigenvalue weighted by Crippen LogP contribution is 2.41. The van der Waals surface area contributed by atoms with Gasteiger partial charge < -0.3 is 20.0 Å². The van der Waals surface area contributed by atoms with Crippen molar-refractivity contribution in [3.63, 3.8) is 0 Å². The number of piperazine rings is 2. The van der Waals surface area contributed by atoms with Crippen LogP contribution in [0.5, 0.6) is 0 Å². The summed E-state index contributed by atoms with van der Waals surface area (Å²) in [6, 6.07) is 16.7. The van der Waals surface area contributed by atoms with Gasteiger partial charge in [-0.1, -0.05) is 54.1 Å². The molecular weight excluding hydrogens is 487 g/mol. The Kier molecular flexibility index (Phi) is 5.68. The monoisotopic (exact) mass is 516 g/mol. The Hall–Kier alpha value is -3.00. The van der Waals surface area contributed by atoms with Gasteiger partial charge in [0.1, 0.15) is 11.3 Å². The lowest BCUT2D eigenvalue weighted by Gasteiger charge is -2.36. The van der Waals surface area contributed by atoms with Gasteiger partial charge >= 0.3 is 0 Å². The van der Waals surface area contributed by atoms with E-state index in [-0.39, 0.29) is 5.82 Å². The number of likely N-dealkylation sites (N-methyl/N-ethyl adjacent to an activating group) is 1. The second-order valence-corrected chi connectivity index (χ2v) is 11.1. The second kappa shape index (κ2) is 9.08. The summed E-state index contributed by atoms with van der Waals surface area (Å²) < 4.78 is 16.6. The van der Waals surface area contributed by atoms with Gasteiger partial charge in [-0.15, -0.1) is 0 Å². The number of anilines is 2. The lowest BCUT2D eigenvalue weighted by molar-refractivity contribution is 0.311. The predicted octanol–water partition coefficient (Wildman–Crippen LogP) is 4.93. The van der Waals surface area contributed by atoms with Crippen LogP contribution >= 0.6 is 11.6 Å². The first-order chi connectivity index (χ1) is 18.0. The van der Waals surface area contributed by atoms with Crippen LogP contribution in [0.4, 0.5) is 16.2 Å². The summed E-state index contributed by atoms with van der Waals surface area (Å²) in [6.07, 6.45) is 2.33. The Morgan fingerprint density at radius 2 is 1.62 bits per heavy atom. The van der Waals surface area contributed by atoms with Crippen LogP contribution in [-0.2, 0) is 0 Å². The summed E-state index contributed by atoms with van der Waals surface area (Å²) in [5.41, 5.74) is 1.53. The van der Waals surface area contributed by atoms with Crippen molar-refractivity contribution >= 4 is 45.0 Å². The molecule has 2 atom stereocenters. The molecule has 4 aromatic rings. The van der Waals surface area contributed by atoms with Crippen molar-refractivity contribution in [3.8, 4) is 11.1 Å². The summed E-state index contributed by atoms with van der Waals surface area (Å²) in [6.45, 7) is 5.21. The molecule has 1 N–H and O–H groups in total. The van der Waals surface area contributed by atoms with Gasteiger partial charge in [0.05, 0.1) is 5.02 Å². The number of aromatic nitrogens is 2. The molecule has 1 aromatic heterocycles. The molecule has 3 saturated heterocycles. The van der Waals surface area contributed by atoms with E-state index < -0.39 is 0 Å². The third kappa shape index (κ3) is 4.00. The lowest BCUT2D eigenvalue weighted by atomic mass is 9.96. The van der Waals surface area contributed by atoms with Crippen LogP contribution in [0.25, 0.3) is 32.8 Å². The number of fused-ring (bicyclic) bond motifs is 4. The highest BCUT2D eigenvalue weighted by Gasteiger charge is 2.34. The van der Waals surface area contributed by atoms with Gasteiger partial charge in [0.15, 0.2) is 5.82 Å². The van der Waals surface area contributed by atoms with Gasteiger partial charge in [0, 0.05) is 62.3 Å². The maximum Gasteiger partial charge on any atom is 0.228 e. The molecule has 190 valence electrons. The van der Waals surface area contributed by atoms with Crippen LogP contribution in [0, 0.1) is 5.82 Å². The predicted molar refractivity (Wildman–Crippen MR) is 149 cm³/mol. The van der Waals surface area contributed by atoms with E-state index in [9.17, 15) is 0 Å². The average Bonchev–Trinajstić information content (AvgIpc) is 3.26. The fraction of sp³-hybridized carbons (Fsp3) is 0.379. The van der Waals surface area contributed by atoms with Gasteiger partial charge in [0.25, 0.3) is 0 Å². The summed E-state index contributed by atoms with van der Waals surface area (Å²) in [5, 5.41) is 6.78. The zero-order chi connectivity index (χ0) is 25.1. The number of hydrogen-bond donors (Lipinski definition) is 1. The lowest BCUT2D eigenvalue weighted by Crippen LogP contribution is -2.51. The molecule has 3 fully saturated rings. The van der Waals surface area contributed by atoms with E-state index in [1.165, 1.54) is 0 Å². The van der Waals surface area contributed by atoms with Gasteiger partial charge in [0.2, 0.25) is 5.95 Å². The fourth-order valence-electron chi connectivity index (χ4n) is 6.22. The first-order valence-electron chi connectivity index (χ1n) is 13.2. The summed E-state index contributed by atoms with van der Waals surface area (Å²) in [4.78, 5) is 16.7. The van der Waals surface area contributed by atoms with Gasteiger partial charge in [-0.3, -0.25) is 0 Å². The molecule has 0 radical (unpaired) electrons. The Morgan fingerprint density at radius 3 is 2.41 bits per heavy atom. The van der Waals surface area contributed by atoms with E-state index in [1.807, 2.05) is 48.5 Å². The first kappa shape index (κ1) is 23.1. The van der Waals surface area contributed by atoms with E-state index in [1.54, 1.807) is 0 Å². The van der Waals surface area contributed by atoms with E-state index >= 15 is 4.39 Å². The number of halogens is 2. The third-order valence-corrected chi connectivity index (χ3v) is 8.51. The molecule has 0 amide bonds. The third-order valence-electron chi connectivity index (χ3n) is 8.21. The van der Waals surface area contributed by atoms with Crippen molar-refractivity contribution in [1.82, 2.24) is 20.2 Å². The van der Waals surface area contributed by atoms with Crippen molar-refractivity contribution in [2.45, 2.75) is 24.9 Å². The molecule has 6 nitrogen and oxygen atoms in total. The highest BCUT2D eigenvalue weighted by atomic mass is 35.5. The molecule has 3 aliphatic heterocycles. The second-order valence-electron chi connectivity index (χ2n) is 10.7. The zero-order valence-electron chi connectivity index (χ0n) is 20.9. The first-order valence-corrected chi connectivity index (χ1v) is 13.6. The SMILES string of the molecule is CN1CCN(c2nc(N3CC4CCC(C3)N4)c3cc(Cl)c(-c4cccc5ccccc45)c(F)c3n2)CC1. The van der Waals surface area contributed by atoms with E-state index in [0.717, 1.165) is 74.3 Å². The molecule has 2 unspecified atom stereocenters. The van der Waals surface area contributed by atoms with E-state index in [0.29, 0.717) is 39.5 Å². The Labute approximate surface area is 221 Å². The number of hydrogen-bond acceptors (Lipinski definition) is 6. The van der Waals surface area contributed by atoms with Crippen molar-refractivity contribution in [2.75, 3.05) is 56.1 Å². The number of rotatable bonds is 3. The molecule has 3 aliphatic rings. The summed E-state index contributed by atoms with van der Waals surface area (Å²) in [7, 11) is 2.12. The minimum absolute atomic E-state index is 0.345. The van der Waals surface area contributed by atoms with Crippen LogP contribution in [-0.4, -0.2) is 73.3 Å². The number of nitrogens with zero attached hydrogens (tertiary/aromatic N) is 5. The normalized spacial score (nSPS) is 22.4. The smallest absolute Gasteiger partial charge is 0.228 e. The van der Waals surface area contributed by atoms with Crippen molar-refractivity contribution in [2.24, 2.45) is 0 Å². The average molecular weight is 517 g/mol. The Balaban J connectivity index is 1.44. The van der Waals surface area contributed by atoms with Crippen molar-refractivity contribution in [3.05, 3.63) is 59.4 Å². The summed E-state index contributed by atoms with van der Waals surface area (Å²) >= 11 is 6.89. The molecule has 0 aliphatic carbocycles. The van der Waals surface area contributed by atoms with Gasteiger partial charge in [-0.05, 0) is 42.3 Å². The molecular formula is C29H30ClFN6. The van der Waals surface area contributed by atoms with Crippen LogP contribution < -0.4 is 15.1 Å². The standard InChI is InChI=1S/C29H30ClFN6/c1-35-11-13-36(14-12-35)29-33-27-23(28(34-29)37-16-19-9-10-20(17-37)32-19)15-24(30)25(26(27)31)22-8-4-6-18-5-2-3-7-21(18)22/h2-8,15,19-20,32H,9-14,16-17H2,1H3. The zero-order valence-corrected chi connectivity index (χ0v) is 21.7. The van der Waals surface area contributed by atoms with Crippen LogP contribution in [0.3, 0.4) is 0 Å². The molecule has 37 heavy (non-hydrogen) atoms. The fourth-order valence-corrected chi connectivity index (χ4v) is 6.51. The summed E-state index contributed by atoms with van der Waals surface area (Å²) in [5.74, 6) is 1.02. The van der Waals surface area contributed by atoms with Crippen molar-refractivity contribution in [1.29, 1.82) is 0 Å². The van der Waals surface area contributed by atoms with Crippen molar-refractivity contribution < 1.29 is 4.39 Å². The molecule has 4 heterocycles. The highest BCUT2D eigenvalue weighted by molar-refractivity contribution is 6.35. The van der Waals surface area contributed by atoms with Gasteiger partial charge in [-0.25, -0.2) is 9.37 Å². The van der Waals surface area contributed by atoms with Crippen LogP contribution in [0.15, 0.2) is 48.5 Å². The quantitative estimate of drug-likeness (QED) is 0.416. The Morgan fingerprint density at radius 1 is 0.892 bits per heavy atom. The van der Waals surface area contributed by atoms with E-state index in [4.69, 9.17) is 21.6 Å². The Bertz CT molecular complexity index is 1480. The number of benzene rings is 3. The van der Waals surface area contributed by atoms with E-state index in [2.05, 4.69) is 27.1 Å². The minimum atomic E-state index is -0.379. The molecule has 3 aromatic carbocycles. The molecule has 0 spiro atoms. The topological polar surface area (TPSA) is 47.5 Å². The maximum absolute atomic E-state index is 16.6. The molecule has 8 heteroatoms. The minimum Gasteiger partial charge on any atom is -0.353 e. The largest absolute Gasteiger partial charge is 0.353 e. The van der Waals surface area contributed by atoms with Crippen LogP contribution in [0.2, 0.25) is 5.02 Å². The maximum atomic E-state index is 16.6. The molecule has 2 bridgehead atoms. The van der Waals surface area contributed by atoms with Crippen LogP contribution in [0.1, 0.15) is 12.8 Å².